The summed E-state index contributed by atoms with van der Waals surface area (Å²) in [6, 6.07) is 9.71. The van der Waals surface area contributed by atoms with Crippen molar-refractivity contribution >= 4 is 16.7 Å². The number of benzene rings is 2. The number of rotatable bonds is 4. The van der Waals surface area contributed by atoms with Gasteiger partial charge in [0.2, 0.25) is 0 Å². The number of carbonyl (C=O) groups is 1. The number of amides is 1. The molecule has 3 nitrogen and oxygen atoms in total. The molecule has 0 aliphatic heterocycles. The average Bonchev–Trinajstić information content (AvgIpc) is 2.44. The van der Waals surface area contributed by atoms with Crippen LogP contribution in [-0.2, 0) is 0 Å². The first-order chi connectivity index (χ1) is 9.56. The van der Waals surface area contributed by atoms with Gasteiger partial charge in [-0.15, -0.1) is 0 Å². The molecule has 0 spiro atoms. The quantitative estimate of drug-likeness (QED) is 0.932. The molecule has 1 amide bonds. The normalized spacial score (nSPS) is 11.1. The van der Waals surface area contributed by atoms with Gasteiger partial charge in [0.05, 0.1) is 6.61 Å². The molecule has 0 saturated carbocycles. The van der Waals surface area contributed by atoms with E-state index in [2.05, 4.69) is 0 Å². The highest BCUT2D eigenvalue weighted by Gasteiger charge is 2.20. The van der Waals surface area contributed by atoms with Gasteiger partial charge in [0, 0.05) is 23.5 Å². The van der Waals surface area contributed by atoms with Gasteiger partial charge in [-0.2, -0.15) is 0 Å². The van der Waals surface area contributed by atoms with Crippen LogP contribution in [0.5, 0.6) is 0 Å². The van der Waals surface area contributed by atoms with Gasteiger partial charge in [-0.3, -0.25) is 4.79 Å². The first kappa shape index (κ1) is 14.5. The fraction of sp³-hybridized carbons (Fsp3) is 0.312. The molecule has 1 N–H and O–H groups in total. The van der Waals surface area contributed by atoms with Crippen molar-refractivity contribution in [1.82, 2.24) is 4.90 Å². The first-order valence-electron chi connectivity index (χ1n) is 6.65. The van der Waals surface area contributed by atoms with Crippen molar-refractivity contribution in [2.45, 2.75) is 19.9 Å². The Morgan fingerprint density at radius 1 is 1.20 bits per heavy atom. The monoisotopic (exact) mass is 275 g/mol. The summed E-state index contributed by atoms with van der Waals surface area (Å²) < 4.78 is 13.8. The van der Waals surface area contributed by atoms with Crippen LogP contribution in [0.3, 0.4) is 0 Å². The predicted molar refractivity (Wildman–Crippen MR) is 77.2 cm³/mol. The second kappa shape index (κ2) is 6.01. The van der Waals surface area contributed by atoms with Crippen LogP contribution in [0.4, 0.5) is 4.39 Å². The molecule has 0 radical (unpaired) electrons. The van der Waals surface area contributed by atoms with E-state index in [0.717, 1.165) is 0 Å². The highest BCUT2D eigenvalue weighted by atomic mass is 19.1. The smallest absolute Gasteiger partial charge is 0.254 e. The third-order valence-corrected chi connectivity index (χ3v) is 3.33. The molecule has 0 atom stereocenters. The first-order valence-corrected chi connectivity index (χ1v) is 6.65. The molecule has 0 unspecified atom stereocenters. The maximum atomic E-state index is 13.8. The fourth-order valence-corrected chi connectivity index (χ4v) is 2.31. The van der Waals surface area contributed by atoms with Gasteiger partial charge in [-0.1, -0.05) is 24.3 Å². The molecule has 0 saturated heterocycles. The van der Waals surface area contributed by atoms with E-state index >= 15 is 0 Å². The number of carbonyl (C=O) groups excluding carboxylic acids is 1. The van der Waals surface area contributed by atoms with Crippen LogP contribution in [0.25, 0.3) is 10.8 Å². The van der Waals surface area contributed by atoms with E-state index in [0.29, 0.717) is 16.3 Å². The van der Waals surface area contributed by atoms with Crippen LogP contribution < -0.4 is 0 Å². The number of nitrogens with zero attached hydrogens (tertiary/aromatic N) is 1. The summed E-state index contributed by atoms with van der Waals surface area (Å²) in [5.41, 5.74) is 0.462. The summed E-state index contributed by atoms with van der Waals surface area (Å²) in [6.45, 7) is 3.95. The Bertz CT molecular complexity index is 625. The molecule has 2 aromatic carbocycles. The third kappa shape index (κ3) is 2.65. The van der Waals surface area contributed by atoms with E-state index in [4.69, 9.17) is 5.11 Å². The molecule has 106 valence electrons. The van der Waals surface area contributed by atoms with Crippen LogP contribution in [0.1, 0.15) is 24.2 Å². The number of aliphatic hydroxyl groups is 1. The number of aliphatic hydroxyl groups excluding tert-OH is 1. The minimum atomic E-state index is -0.338. The molecular formula is C16H18FNO2. The van der Waals surface area contributed by atoms with E-state index in [1.807, 2.05) is 13.8 Å². The summed E-state index contributed by atoms with van der Waals surface area (Å²) in [5, 5.41) is 10.1. The van der Waals surface area contributed by atoms with Gasteiger partial charge in [-0.05, 0) is 31.4 Å². The zero-order valence-electron chi connectivity index (χ0n) is 11.6. The second-order valence-corrected chi connectivity index (χ2v) is 4.96. The van der Waals surface area contributed by atoms with Gasteiger partial charge in [0.25, 0.3) is 5.91 Å². The Labute approximate surface area is 117 Å². The standard InChI is InChI=1S/C16H18FNO2/c1-11(2)18(9-10-19)16(20)14-7-8-15(17)13-6-4-3-5-12(13)14/h3-8,11,19H,9-10H2,1-2H3. The number of hydrogen-bond donors (Lipinski definition) is 1. The van der Waals surface area contributed by atoms with Crippen molar-refractivity contribution in [3.05, 3.63) is 47.8 Å². The predicted octanol–water partition coefficient (Wildman–Crippen LogP) is 2.82. The molecule has 0 aromatic heterocycles. The second-order valence-electron chi connectivity index (χ2n) is 4.96. The highest BCUT2D eigenvalue weighted by molar-refractivity contribution is 6.07. The maximum absolute atomic E-state index is 13.8. The van der Waals surface area contributed by atoms with Crippen molar-refractivity contribution < 1.29 is 14.3 Å². The largest absolute Gasteiger partial charge is 0.395 e. The molecule has 2 aromatic rings. The van der Waals surface area contributed by atoms with Gasteiger partial charge >= 0.3 is 0 Å². The summed E-state index contributed by atoms with van der Waals surface area (Å²) in [4.78, 5) is 14.2. The van der Waals surface area contributed by atoms with Gasteiger partial charge in [0.15, 0.2) is 0 Å². The third-order valence-electron chi connectivity index (χ3n) is 3.33. The minimum Gasteiger partial charge on any atom is -0.395 e. The van der Waals surface area contributed by atoms with Crippen molar-refractivity contribution in [3.8, 4) is 0 Å². The lowest BCUT2D eigenvalue weighted by atomic mass is 10.0. The summed E-state index contributed by atoms with van der Waals surface area (Å²) in [6.07, 6.45) is 0. The Kier molecular flexibility index (Phi) is 4.35. The summed E-state index contributed by atoms with van der Waals surface area (Å²) in [7, 11) is 0. The fourth-order valence-electron chi connectivity index (χ4n) is 2.31. The Morgan fingerprint density at radius 2 is 1.85 bits per heavy atom. The lowest BCUT2D eigenvalue weighted by molar-refractivity contribution is 0.0667. The molecule has 0 bridgehead atoms. The summed E-state index contributed by atoms with van der Waals surface area (Å²) >= 11 is 0. The van der Waals surface area contributed by atoms with Gasteiger partial charge < -0.3 is 10.0 Å². The Balaban J connectivity index is 2.52. The molecule has 20 heavy (non-hydrogen) atoms. The van der Waals surface area contributed by atoms with Gasteiger partial charge in [-0.25, -0.2) is 4.39 Å². The van der Waals surface area contributed by atoms with E-state index in [1.54, 1.807) is 29.2 Å². The van der Waals surface area contributed by atoms with E-state index < -0.39 is 0 Å². The van der Waals surface area contributed by atoms with Crippen LogP contribution >= 0.6 is 0 Å². The van der Waals surface area contributed by atoms with Gasteiger partial charge in [0.1, 0.15) is 5.82 Å². The molecule has 2 rings (SSSR count). The lowest BCUT2D eigenvalue weighted by Gasteiger charge is -2.26. The number of hydrogen-bond acceptors (Lipinski definition) is 2. The average molecular weight is 275 g/mol. The number of fused-ring (bicyclic) bond motifs is 1. The highest BCUT2D eigenvalue weighted by Crippen LogP contribution is 2.23. The van der Waals surface area contributed by atoms with Crippen molar-refractivity contribution in [2.24, 2.45) is 0 Å². The zero-order valence-corrected chi connectivity index (χ0v) is 11.6. The molecular weight excluding hydrogens is 257 g/mol. The SMILES string of the molecule is CC(C)N(CCO)C(=O)c1ccc(F)c2ccccc12. The van der Waals surface area contributed by atoms with Crippen LogP contribution in [0.15, 0.2) is 36.4 Å². The van der Waals surface area contributed by atoms with E-state index in [9.17, 15) is 9.18 Å². The van der Waals surface area contributed by atoms with Crippen LogP contribution in [-0.4, -0.2) is 35.1 Å². The molecule has 4 heteroatoms. The molecule has 0 fully saturated rings. The van der Waals surface area contributed by atoms with Crippen LogP contribution in [0, 0.1) is 5.82 Å². The molecule has 0 heterocycles. The topological polar surface area (TPSA) is 40.5 Å². The zero-order chi connectivity index (χ0) is 14.7. The minimum absolute atomic E-state index is 0.0292. The molecule has 0 aliphatic carbocycles. The maximum Gasteiger partial charge on any atom is 0.254 e. The van der Waals surface area contributed by atoms with Crippen molar-refractivity contribution in [2.75, 3.05) is 13.2 Å². The van der Waals surface area contributed by atoms with Crippen molar-refractivity contribution in [3.63, 3.8) is 0 Å². The Morgan fingerprint density at radius 3 is 2.45 bits per heavy atom. The van der Waals surface area contributed by atoms with Crippen LogP contribution in [0.2, 0.25) is 0 Å². The van der Waals surface area contributed by atoms with E-state index in [1.165, 1.54) is 12.1 Å². The summed E-state index contributed by atoms with van der Waals surface area (Å²) in [5.74, 6) is -0.527. The lowest BCUT2D eigenvalue weighted by Crippen LogP contribution is -2.39. The van der Waals surface area contributed by atoms with Crippen molar-refractivity contribution in [1.29, 1.82) is 0 Å². The number of halogens is 1. The van der Waals surface area contributed by atoms with E-state index in [-0.39, 0.29) is 30.9 Å². The molecule has 0 aliphatic rings. The Hall–Kier alpha value is -1.94.